The second kappa shape index (κ2) is 21.0. The molecular weight excluding hydrogens is 732 g/mol. The van der Waals surface area contributed by atoms with Gasteiger partial charge >= 0.3 is 18.0 Å². The van der Waals surface area contributed by atoms with E-state index in [0.717, 1.165) is 38.5 Å². The first-order valence-corrected chi connectivity index (χ1v) is 19.3. The lowest BCUT2D eigenvalue weighted by Gasteiger charge is -2.27. The number of hydrogen-bond acceptors (Lipinski definition) is 12. The van der Waals surface area contributed by atoms with Crippen LogP contribution < -0.4 is 21.7 Å². The number of nitrogens with one attached hydrogen (secondary N) is 4. The summed E-state index contributed by atoms with van der Waals surface area (Å²) >= 11 is 0. The van der Waals surface area contributed by atoms with Gasteiger partial charge in [0, 0.05) is 48.9 Å². The molecule has 2 aliphatic rings. The van der Waals surface area contributed by atoms with E-state index in [4.69, 9.17) is 30.1 Å². The number of nitrogens with two attached hydrogens (primary N) is 1. The minimum absolute atomic E-state index is 0.0585. The molecular formula is C42H54N6O9. The fourth-order valence-corrected chi connectivity index (χ4v) is 5.78. The first kappa shape index (κ1) is 44.0. The van der Waals surface area contributed by atoms with Crippen LogP contribution in [0.4, 0.5) is 10.5 Å². The van der Waals surface area contributed by atoms with Gasteiger partial charge in [-0.25, -0.2) is 14.6 Å². The zero-order valence-corrected chi connectivity index (χ0v) is 33.2. The van der Waals surface area contributed by atoms with Crippen molar-refractivity contribution in [2.24, 2.45) is 23.5 Å². The molecule has 1 aromatic heterocycles. The number of esters is 2. The SMILES string of the molecule is C=CC1C=C(C(=O)Nc2ccc(C(=N)NC(=O)OCCCCCC)cc2)C(c2ccc(C(=O)NCC3CC3)nc2C(=O)OC(C)OC(=O)[C@@H](N)C(C)C)=CC1OC. The second-order valence-corrected chi connectivity index (χ2v) is 14.3. The number of carbonyl (C=O) groups excluding carboxylic acids is 5. The highest BCUT2D eigenvalue weighted by molar-refractivity contribution is 6.17. The largest absolute Gasteiger partial charge is 0.449 e. The molecule has 1 aromatic carbocycles. The molecule has 2 aliphatic carbocycles. The quantitative estimate of drug-likeness (QED) is 0.0292. The van der Waals surface area contributed by atoms with Gasteiger partial charge < -0.3 is 35.3 Å². The monoisotopic (exact) mass is 786 g/mol. The number of amidine groups is 1. The maximum Gasteiger partial charge on any atom is 0.412 e. The van der Waals surface area contributed by atoms with Crippen molar-refractivity contribution in [1.82, 2.24) is 15.6 Å². The first-order valence-electron chi connectivity index (χ1n) is 19.3. The summed E-state index contributed by atoms with van der Waals surface area (Å²) < 4.78 is 21.7. The van der Waals surface area contributed by atoms with Crippen LogP contribution >= 0.6 is 0 Å². The third kappa shape index (κ3) is 12.7. The van der Waals surface area contributed by atoms with Crippen molar-refractivity contribution in [3.8, 4) is 0 Å². The van der Waals surface area contributed by atoms with Gasteiger partial charge in [-0.05, 0) is 79.1 Å². The summed E-state index contributed by atoms with van der Waals surface area (Å²) in [5.41, 5.74) is 6.84. The molecule has 15 nitrogen and oxygen atoms in total. The number of ether oxygens (including phenoxy) is 4. The van der Waals surface area contributed by atoms with Crippen molar-refractivity contribution in [1.29, 1.82) is 5.41 Å². The average Bonchev–Trinajstić information content (AvgIpc) is 4.03. The van der Waals surface area contributed by atoms with Crippen LogP contribution in [-0.4, -0.2) is 79.4 Å². The van der Waals surface area contributed by atoms with E-state index in [-0.39, 0.29) is 46.5 Å². The Kier molecular flexibility index (Phi) is 16.2. The summed E-state index contributed by atoms with van der Waals surface area (Å²) in [4.78, 5) is 70.2. The van der Waals surface area contributed by atoms with Crippen LogP contribution in [0.5, 0.6) is 0 Å². The summed E-state index contributed by atoms with van der Waals surface area (Å²) in [7, 11) is 1.49. The number of benzene rings is 1. The fraction of sp³-hybridized carbons (Fsp3) is 0.452. The molecule has 0 spiro atoms. The minimum atomic E-state index is -1.37. The third-order valence-electron chi connectivity index (χ3n) is 9.44. The standard InChI is InChI=1S/C42H54N6O9/c1-7-9-10-11-20-55-42(53)48-37(44)28-14-16-29(17-15-28)46-38(49)32-21-27(8-2)34(54-6)22-31(32)30-18-19-33(39(50)45-23-26-12-13-26)47-36(30)41(52)57-25(5)56-40(51)35(43)24(3)4/h8,14-19,21-22,24-27,34-35H,2,7,9-13,20,23,43H2,1,3-6H3,(H,45,50)(H,46,49)(H2,44,48,53)/t25?,27?,34?,35-/m0/s1. The molecule has 0 radical (unpaired) electrons. The Labute approximate surface area is 333 Å². The van der Waals surface area contributed by atoms with Crippen molar-refractivity contribution in [3.05, 3.63) is 89.3 Å². The van der Waals surface area contributed by atoms with Crippen molar-refractivity contribution in [2.75, 3.05) is 25.6 Å². The van der Waals surface area contributed by atoms with E-state index in [1.807, 2.05) is 0 Å². The van der Waals surface area contributed by atoms with E-state index in [2.05, 4.69) is 34.4 Å². The highest BCUT2D eigenvalue weighted by Gasteiger charge is 2.32. The number of carbonyl (C=O) groups is 5. The molecule has 6 N–H and O–H groups in total. The fourth-order valence-electron chi connectivity index (χ4n) is 5.78. The number of rotatable bonds is 19. The molecule has 1 heterocycles. The molecule has 57 heavy (non-hydrogen) atoms. The predicted octanol–water partition coefficient (Wildman–Crippen LogP) is 5.66. The van der Waals surface area contributed by atoms with Gasteiger partial charge in [-0.15, -0.1) is 6.58 Å². The summed E-state index contributed by atoms with van der Waals surface area (Å²) in [6.45, 7) is 11.6. The van der Waals surface area contributed by atoms with E-state index >= 15 is 0 Å². The highest BCUT2D eigenvalue weighted by atomic mass is 16.7. The van der Waals surface area contributed by atoms with Gasteiger partial charge in [0.1, 0.15) is 17.6 Å². The zero-order valence-electron chi connectivity index (χ0n) is 33.2. The van der Waals surface area contributed by atoms with Crippen molar-refractivity contribution in [2.45, 2.75) is 84.7 Å². The normalized spacial score (nSPS) is 17.2. The van der Waals surface area contributed by atoms with E-state index in [9.17, 15) is 24.0 Å². The molecule has 1 fully saturated rings. The number of pyridine rings is 1. The average molecular weight is 787 g/mol. The van der Waals surface area contributed by atoms with Gasteiger partial charge in [-0.2, -0.15) is 0 Å². The van der Waals surface area contributed by atoms with Crippen LogP contribution in [0.1, 0.15) is 98.3 Å². The van der Waals surface area contributed by atoms with Crippen LogP contribution in [0.15, 0.2) is 66.8 Å². The van der Waals surface area contributed by atoms with E-state index in [0.29, 0.717) is 23.7 Å². The van der Waals surface area contributed by atoms with E-state index in [1.165, 1.54) is 26.2 Å². The Balaban J connectivity index is 1.60. The highest BCUT2D eigenvalue weighted by Crippen LogP contribution is 2.35. The predicted molar refractivity (Wildman–Crippen MR) is 214 cm³/mol. The maximum absolute atomic E-state index is 14.1. The molecule has 0 aliphatic heterocycles. The number of hydrogen-bond donors (Lipinski definition) is 5. The topological polar surface area (TPSA) is 221 Å². The molecule has 0 bridgehead atoms. The Hall–Kier alpha value is -5.67. The Morgan fingerprint density at radius 2 is 1.70 bits per heavy atom. The van der Waals surface area contributed by atoms with Gasteiger partial charge in [0.15, 0.2) is 5.69 Å². The number of methoxy groups -OCH3 is 1. The van der Waals surface area contributed by atoms with Crippen LogP contribution in [-0.2, 0) is 28.5 Å². The molecule has 4 rings (SSSR count). The molecule has 3 amide bonds. The molecule has 3 unspecified atom stereocenters. The molecule has 1 saturated carbocycles. The van der Waals surface area contributed by atoms with E-state index in [1.54, 1.807) is 56.3 Å². The summed E-state index contributed by atoms with van der Waals surface area (Å²) in [5, 5.41) is 16.4. The summed E-state index contributed by atoms with van der Waals surface area (Å²) in [6.07, 6.45) is 8.07. The number of amides is 3. The molecule has 306 valence electrons. The number of aromatic nitrogens is 1. The maximum atomic E-state index is 14.1. The molecule has 4 atom stereocenters. The van der Waals surface area contributed by atoms with Crippen LogP contribution in [0.2, 0.25) is 0 Å². The Bertz CT molecular complexity index is 1870. The van der Waals surface area contributed by atoms with Crippen LogP contribution in [0.3, 0.4) is 0 Å². The number of nitrogens with zero attached hydrogens (tertiary/aromatic N) is 1. The van der Waals surface area contributed by atoms with Gasteiger partial charge in [0.05, 0.1) is 12.7 Å². The van der Waals surface area contributed by atoms with Crippen LogP contribution in [0, 0.1) is 23.2 Å². The Morgan fingerprint density at radius 3 is 2.33 bits per heavy atom. The molecule has 2 aromatic rings. The first-order chi connectivity index (χ1) is 27.3. The van der Waals surface area contributed by atoms with Crippen molar-refractivity contribution in [3.63, 3.8) is 0 Å². The minimum Gasteiger partial charge on any atom is -0.449 e. The molecule has 0 saturated heterocycles. The Morgan fingerprint density at radius 1 is 0.982 bits per heavy atom. The smallest absolute Gasteiger partial charge is 0.412 e. The van der Waals surface area contributed by atoms with Gasteiger partial charge in [-0.1, -0.05) is 52.2 Å². The van der Waals surface area contributed by atoms with Crippen molar-refractivity contribution < 1.29 is 42.9 Å². The van der Waals surface area contributed by atoms with Crippen LogP contribution in [0.25, 0.3) is 5.57 Å². The third-order valence-corrected chi connectivity index (χ3v) is 9.44. The number of alkyl carbamates (subject to hydrolysis) is 1. The lowest BCUT2D eigenvalue weighted by atomic mass is 9.84. The van der Waals surface area contributed by atoms with Gasteiger partial charge in [-0.3, -0.25) is 25.1 Å². The number of unbranched alkanes of at least 4 members (excludes halogenated alkanes) is 3. The lowest BCUT2D eigenvalue weighted by molar-refractivity contribution is -0.168. The second-order valence-electron chi connectivity index (χ2n) is 14.3. The van der Waals surface area contributed by atoms with Gasteiger partial charge in [0.25, 0.3) is 11.8 Å². The summed E-state index contributed by atoms with van der Waals surface area (Å²) in [6, 6.07) is 8.26. The zero-order chi connectivity index (χ0) is 41.6. The summed E-state index contributed by atoms with van der Waals surface area (Å²) in [5.74, 6) is -3.30. The molecule has 15 heteroatoms. The van der Waals surface area contributed by atoms with Crippen molar-refractivity contribution >= 4 is 46.9 Å². The van der Waals surface area contributed by atoms with E-state index < -0.39 is 54.2 Å². The van der Waals surface area contributed by atoms with Gasteiger partial charge in [0.2, 0.25) is 6.29 Å². The number of anilines is 1. The lowest BCUT2D eigenvalue weighted by Crippen LogP contribution is -2.39.